The molecule has 1 atom stereocenters. The van der Waals surface area contributed by atoms with Crippen LogP contribution in [0.3, 0.4) is 0 Å². The predicted molar refractivity (Wildman–Crippen MR) is 66.7 cm³/mol. The third-order valence-electron chi connectivity index (χ3n) is 2.45. The van der Waals surface area contributed by atoms with Crippen LogP contribution in [0.1, 0.15) is 19.4 Å². The van der Waals surface area contributed by atoms with Gasteiger partial charge in [-0.05, 0) is 17.7 Å². The van der Waals surface area contributed by atoms with E-state index in [1.54, 1.807) is 38.1 Å². The molecule has 4 nitrogen and oxygen atoms in total. The van der Waals surface area contributed by atoms with Gasteiger partial charge in [-0.1, -0.05) is 29.8 Å². The monoisotopic (exact) mass is 268 g/mol. The van der Waals surface area contributed by atoms with E-state index in [4.69, 9.17) is 21.1 Å². The van der Waals surface area contributed by atoms with Crippen molar-refractivity contribution in [1.82, 2.24) is 0 Å². The van der Waals surface area contributed by atoms with Gasteiger partial charge >= 0.3 is 5.97 Å². The van der Waals surface area contributed by atoms with Crippen LogP contribution in [0.2, 0.25) is 5.02 Å². The molecule has 2 rings (SSSR count). The van der Waals surface area contributed by atoms with Crippen molar-refractivity contribution < 1.29 is 19.4 Å². The van der Waals surface area contributed by atoms with Crippen LogP contribution in [0.25, 0.3) is 6.08 Å². The molecular formula is C13H13ClO4. The van der Waals surface area contributed by atoms with Gasteiger partial charge in [0, 0.05) is 18.9 Å². The van der Waals surface area contributed by atoms with Crippen LogP contribution in [-0.4, -0.2) is 23.2 Å². The number of benzene rings is 1. The summed E-state index contributed by atoms with van der Waals surface area (Å²) in [6.45, 7) is 3.11. The summed E-state index contributed by atoms with van der Waals surface area (Å²) in [6, 6.07) is 6.98. The van der Waals surface area contributed by atoms with Crippen molar-refractivity contribution in [3.63, 3.8) is 0 Å². The minimum Gasteiger partial charge on any atom is -0.430 e. The fraction of sp³-hybridized carbons (Fsp3) is 0.308. The summed E-state index contributed by atoms with van der Waals surface area (Å²) in [5.74, 6) is -1.74. The highest BCUT2D eigenvalue weighted by Crippen LogP contribution is 2.28. The van der Waals surface area contributed by atoms with Crippen molar-refractivity contribution >= 4 is 23.6 Å². The summed E-state index contributed by atoms with van der Waals surface area (Å²) in [5.41, 5.74) is 0.649. The number of rotatable bonds is 1. The number of esters is 1. The molecule has 1 aliphatic rings. The molecule has 0 unspecified atom stereocenters. The number of ether oxygens (including phenoxy) is 2. The van der Waals surface area contributed by atoms with E-state index in [9.17, 15) is 9.90 Å². The Kier molecular flexibility index (Phi) is 3.43. The first kappa shape index (κ1) is 13.1. The second kappa shape index (κ2) is 4.72. The molecule has 18 heavy (non-hydrogen) atoms. The lowest BCUT2D eigenvalue weighted by atomic mass is 10.1. The molecule has 0 bridgehead atoms. The number of carbonyl (C=O) groups is 1. The summed E-state index contributed by atoms with van der Waals surface area (Å²) >= 11 is 5.98. The minimum atomic E-state index is -1.32. The van der Waals surface area contributed by atoms with Gasteiger partial charge in [-0.3, -0.25) is 0 Å². The SMILES string of the molecule is CC1(C)OC(=O)/C(=C\c2ccccc2Cl)[C@H](O)O1. The summed E-state index contributed by atoms with van der Waals surface area (Å²) in [4.78, 5) is 11.8. The standard InChI is InChI=1S/C13H13ClO4/c1-13(2)17-11(15)9(12(16)18-13)7-8-5-3-4-6-10(8)14/h3-7,11,15H,1-2H3/b9-7-/t11-/m1/s1. The molecular weight excluding hydrogens is 256 g/mol. The van der Waals surface area contributed by atoms with Crippen LogP contribution in [0.5, 0.6) is 0 Å². The number of carbonyl (C=O) groups excluding carboxylic acids is 1. The Hall–Kier alpha value is -1.36. The topological polar surface area (TPSA) is 55.8 Å². The number of hydrogen-bond donors (Lipinski definition) is 1. The zero-order valence-electron chi connectivity index (χ0n) is 10.0. The van der Waals surface area contributed by atoms with E-state index >= 15 is 0 Å². The molecule has 0 saturated carbocycles. The lowest BCUT2D eigenvalue weighted by molar-refractivity contribution is -0.279. The number of aliphatic hydroxyl groups is 1. The molecule has 0 spiro atoms. The van der Waals surface area contributed by atoms with Gasteiger partial charge in [0.2, 0.25) is 5.79 Å². The lowest BCUT2D eigenvalue weighted by Crippen LogP contribution is -2.44. The lowest BCUT2D eigenvalue weighted by Gasteiger charge is -2.34. The van der Waals surface area contributed by atoms with E-state index in [-0.39, 0.29) is 5.57 Å². The van der Waals surface area contributed by atoms with Gasteiger partial charge < -0.3 is 14.6 Å². The second-order valence-electron chi connectivity index (χ2n) is 4.38. The highest BCUT2D eigenvalue weighted by molar-refractivity contribution is 6.32. The molecule has 1 aliphatic heterocycles. The summed E-state index contributed by atoms with van der Waals surface area (Å²) in [6.07, 6.45) is 0.141. The molecule has 0 aliphatic carbocycles. The summed E-state index contributed by atoms with van der Waals surface area (Å²) in [7, 11) is 0. The average molecular weight is 269 g/mol. The van der Waals surface area contributed by atoms with Crippen LogP contribution >= 0.6 is 11.6 Å². The molecule has 1 aromatic carbocycles. The van der Waals surface area contributed by atoms with Crippen molar-refractivity contribution in [3.05, 3.63) is 40.4 Å². The number of cyclic esters (lactones) is 1. The fourth-order valence-corrected chi connectivity index (χ4v) is 1.82. The van der Waals surface area contributed by atoms with Gasteiger partial charge in [-0.15, -0.1) is 0 Å². The van der Waals surface area contributed by atoms with Crippen molar-refractivity contribution in [2.75, 3.05) is 0 Å². The molecule has 0 amide bonds. The molecule has 1 fully saturated rings. The molecule has 1 aromatic rings. The predicted octanol–water partition coefficient (Wildman–Crippen LogP) is 2.35. The number of aliphatic hydroxyl groups excluding tert-OH is 1. The van der Waals surface area contributed by atoms with Gasteiger partial charge in [0.15, 0.2) is 6.29 Å². The Labute approximate surface area is 110 Å². The molecule has 0 radical (unpaired) electrons. The van der Waals surface area contributed by atoms with E-state index in [1.807, 2.05) is 0 Å². The van der Waals surface area contributed by atoms with Crippen LogP contribution in [0, 0.1) is 0 Å². The molecule has 1 heterocycles. The maximum absolute atomic E-state index is 11.8. The molecule has 5 heteroatoms. The molecule has 1 N–H and O–H groups in total. The zero-order valence-corrected chi connectivity index (χ0v) is 10.8. The van der Waals surface area contributed by atoms with Gasteiger partial charge in [0.1, 0.15) is 0 Å². The Bertz CT molecular complexity index is 507. The largest absolute Gasteiger partial charge is 0.430 e. The van der Waals surface area contributed by atoms with Crippen LogP contribution in [0.15, 0.2) is 29.8 Å². The smallest absolute Gasteiger partial charge is 0.341 e. The summed E-state index contributed by atoms with van der Waals surface area (Å²) in [5, 5.41) is 10.3. The maximum Gasteiger partial charge on any atom is 0.341 e. The first-order valence-corrected chi connectivity index (χ1v) is 5.82. The fourth-order valence-electron chi connectivity index (χ4n) is 1.63. The molecule has 1 saturated heterocycles. The van der Waals surface area contributed by atoms with Gasteiger partial charge in [0.05, 0.1) is 5.57 Å². The average Bonchev–Trinajstić information content (AvgIpc) is 2.24. The molecule has 96 valence electrons. The minimum absolute atomic E-state index is 0.0300. The van der Waals surface area contributed by atoms with E-state index in [2.05, 4.69) is 0 Å². The van der Waals surface area contributed by atoms with Crippen molar-refractivity contribution in [1.29, 1.82) is 0 Å². The van der Waals surface area contributed by atoms with Crippen molar-refractivity contribution in [2.24, 2.45) is 0 Å². The van der Waals surface area contributed by atoms with Crippen LogP contribution in [-0.2, 0) is 14.3 Å². The zero-order chi connectivity index (χ0) is 13.3. The number of hydrogen-bond acceptors (Lipinski definition) is 4. The Morgan fingerprint density at radius 3 is 2.67 bits per heavy atom. The van der Waals surface area contributed by atoms with E-state index in [0.29, 0.717) is 10.6 Å². The van der Waals surface area contributed by atoms with Crippen molar-refractivity contribution in [3.8, 4) is 0 Å². The van der Waals surface area contributed by atoms with Gasteiger partial charge in [0.25, 0.3) is 0 Å². The third kappa shape index (κ3) is 2.72. The highest BCUT2D eigenvalue weighted by atomic mass is 35.5. The van der Waals surface area contributed by atoms with E-state index < -0.39 is 18.0 Å². The number of halogens is 1. The van der Waals surface area contributed by atoms with E-state index in [0.717, 1.165) is 0 Å². The quantitative estimate of drug-likeness (QED) is 0.627. The third-order valence-corrected chi connectivity index (χ3v) is 2.80. The van der Waals surface area contributed by atoms with Gasteiger partial charge in [-0.25, -0.2) is 4.79 Å². The molecule has 0 aromatic heterocycles. The summed E-state index contributed by atoms with van der Waals surface area (Å²) < 4.78 is 10.2. The maximum atomic E-state index is 11.8. The Morgan fingerprint density at radius 2 is 2.06 bits per heavy atom. The van der Waals surface area contributed by atoms with E-state index in [1.165, 1.54) is 6.08 Å². The van der Waals surface area contributed by atoms with Crippen molar-refractivity contribution in [2.45, 2.75) is 25.9 Å². The second-order valence-corrected chi connectivity index (χ2v) is 4.79. The van der Waals surface area contributed by atoms with Crippen LogP contribution in [0.4, 0.5) is 0 Å². The highest BCUT2D eigenvalue weighted by Gasteiger charge is 2.38. The first-order chi connectivity index (χ1) is 8.39. The normalized spacial score (nSPS) is 25.0. The van der Waals surface area contributed by atoms with Gasteiger partial charge in [-0.2, -0.15) is 0 Å². The first-order valence-electron chi connectivity index (χ1n) is 5.44. The van der Waals surface area contributed by atoms with Crippen LogP contribution < -0.4 is 0 Å². The Morgan fingerprint density at radius 1 is 1.39 bits per heavy atom. The Balaban J connectivity index is 2.34.